The Balaban J connectivity index is 2.08. The van der Waals surface area contributed by atoms with E-state index < -0.39 is 0 Å². The normalized spacial score (nSPS) is 19.3. The highest BCUT2D eigenvalue weighted by Crippen LogP contribution is 2.16. The molecule has 2 rings (SSSR count). The van der Waals surface area contributed by atoms with Crippen LogP contribution in [0.25, 0.3) is 0 Å². The van der Waals surface area contributed by atoms with Crippen LogP contribution in [0.2, 0.25) is 0 Å². The molecule has 5 nitrogen and oxygen atoms in total. The molecule has 0 spiro atoms. The molecule has 1 unspecified atom stereocenters. The van der Waals surface area contributed by atoms with Gasteiger partial charge in [-0.05, 0) is 26.7 Å². The molecular formula is C16H28N4O. The number of aryl methyl sites for hydroxylation is 1. The van der Waals surface area contributed by atoms with Crippen LogP contribution in [0.3, 0.4) is 0 Å². The molecule has 5 heteroatoms. The van der Waals surface area contributed by atoms with E-state index in [1.807, 2.05) is 16.5 Å². The van der Waals surface area contributed by atoms with Gasteiger partial charge >= 0.3 is 0 Å². The van der Waals surface area contributed by atoms with Gasteiger partial charge in [-0.25, -0.2) is 0 Å². The van der Waals surface area contributed by atoms with Crippen molar-refractivity contribution in [1.82, 2.24) is 20.0 Å². The van der Waals surface area contributed by atoms with Crippen molar-refractivity contribution >= 4 is 5.91 Å². The average molecular weight is 292 g/mol. The Morgan fingerprint density at radius 2 is 2.14 bits per heavy atom. The second kappa shape index (κ2) is 6.60. The van der Waals surface area contributed by atoms with E-state index in [1.165, 1.54) is 0 Å². The minimum Gasteiger partial charge on any atom is -0.340 e. The average Bonchev–Trinajstić information content (AvgIpc) is 2.65. The molecule has 1 saturated heterocycles. The van der Waals surface area contributed by atoms with Crippen molar-refractivity contribution in [1.29, 1.82) is 0 Å². The Hall–Kier alpha value is -1.36. The molecule has 1 aromatic heterocycles. The maximum atomic E-state index is 12.5. The lowest BCUT2D eigenvalue weighted by Crippen LogP contribution is -2.51. The van der Waals surface area contributed by atoms with Crippen LogP contribution in [0.4, 0.5) is 0 Å². The maximum Gasteiger partial charge on any atom is 0.227 e. The van der Waals surface area contributed by atoms with E-state index in [0.717, 1.165) is 43.1 Å². The van der Waals surface area contributed by atoms with Gasteiger partial charge in [-0.3, -0.25) is 9.48 Å². The number of amides is 1. The van der Waals surface area contributed by atoms with E-state index in [4.69, 9.17) is 0 Å². The first-order chi connectivity index (χ1) is 9.88. The van der Waals surface area contributed by atoms with Crippen molar-refractivity contribution in [2.45, 2.75) is 53.6 Å². The first kappa shape index (κ1) is 16.0. The molecule has 1 atom stereocenters. The van der Waals surface area contributed by atoms with Gasteiger partial charge in [0.05, 0.1) is 12.1 Å². The summed E-state index contributed by atoms with van der Waals surface area (Å²) in [7, 11) is 0. The van der Waals surface area contributed by atoms with Crippen LogP contribution in [-0.2, 0) is 17.8 Å². The zero-order valence-corrected chi connectivity index (χ0v) is 13.9. The molecule has 1 fully saturated rings. The van der Waals surface area contributed by atoms with Crippen LogP contribution < -0.4 is 5.32 Å². The maximum absolute atomic E-state index is 12.5. The largest absolute Gasteiger partial charge is 0.340 e. The smallest absolute Gasteiger partial charge is 0.227 e. The minimum absolute atomic E-state index is 0.221. The Morgan fingerprint density at radius 1 is 1.43 bits per heavy atom. The minimum atomic E-state index is 0.221. The van der Waals surface area contributed by atoms with Gasteiger partial charge in [-0.2, -0.15) is 5.10 Å². The zero-order valence-electron chi connectivity index (χ0n) is 13.9. The van der Waals surface area contributed by atoms with Crippen LogP contribution in [0, 0.1) is 19.8 Å². The summed E-state index contributed by atoms with van der Waals surface area (Å²) in [4.78, 5) is 14.5. The van der Waals surface area contributed by atoms with Crippen molar-refractivity contribution in [3.63, 3.8) is 0 Å². The number of carbonyl (C=O) groups excluding carboxylic acids is 1. The molecule has 1 amide bonds. The van der Waals surface area contributed by atoms with Gasteiger partial charge in [-0.15, -0.1) is 0 Å². The van der Waals surface area contributed by atoms with E-state index in [1.54, 1.807) is 0 Å². The molecule has 1 N–H and O–H groups in total. The van der Waals surface area contributed by atoms with E-state index in [2.05, 4.69) is 38.1 Å². The molecule has 118 valence electrons. The van der Waals surface area contributed by atoms with Crippen LogP contribution in [-0.4, -0.2) is 46.3 Å². The number of rotatable bonds is 4. The van der Waals surface area contributed by atoms with Gasteiger partial charge in [0.1, 0.15) is 0 Å². The zero-order chi connectivity index (χ0) is 15.6. The van der Waals surface area contributed by atoms with Gasteiger partial charge in [0.2, 0.25) is 5.91 Å². The second-order valence-electron chi connectivity index (χ2n) is 6.60. The highest BCUT2D eigenvalue weighted by molar-refractivity contribution is 5.79. The predicted octanol–water partition coefficient (Wildman–Crippen LogP) is 1.52. The first-order valence-electron chi connectivity index (χ1n) is 7.92. The quantitative estimate of drug-likeness (QED) is 0.915. The lowest BCUT2D eigenvalue weighted by Gasteiger charge is -2.32. The lowest BCUT2D eigenvalue weighted by atomic mass is 10.1. The number of nitrogens with zero attached hydrogens (tertiary/aromatic N) is 3. The van der Waals surface area contributed by atoms with Gasteiger partial charge in [-0.1, -0.05) is 13.8 Å². The van der Waals surface area contributed by atoms with Gasteiger partial charge in [0.15, 0.2) is 0 Å². The fourth-order valence-corrected chi connectivity index (χ4v) is 2.94. The van der Waals surface area contributed by atoms with Gasteiger partial charge < -0.3 is 10.2 Å². The number of hydrogen-bond acceptors (Lipinski definition) is 3. The van der Waals surface area contributed by atoms with Crippen molar-refractivity contribution in [3.8, 4) is 0 Å². The predicted molar refractivity (Wildman–Crippen MR) is 84.3 cm³/mol. The number of nitrogens with one attached hydrogen (secondary N) is 1. The third-order valence-electron chi connectivity index (χ3n) is 4.12. The van der Waals surface area contributed by atoms with Crippen LogP contribution in [0.1, 0.15) is 37.7 Å². The Bertz CT molecular complexity index is 507. The van der Waals surface area contributed by atoms with E-state index in [9.17, 15) is 4.79 Å². The summed E-state index contributed by atoms with van der Waals surface area (Å²) in [6.07, 6.45) is 0.475. The molecule has 0 aromatic carbocycles. The van der Waals surface area contributed by atoms with Crippen LogP contribution in [0.5, 0.6) is 0 Å². The molecule has 0 saturated carbocycles. The summed E-state index contributed by atoms with van der Waals surface area (Å²) < 4.78 is 2.04. The summed E-state index contributed by atoms with van der Waals surface area (Å²) >= 11 is 0. The number of aromatic nitrogens is 2. The molecule has 21 heavy (non-hydrogen) atoms. The van der Waals surface area contributed by atoms with Crippen molar-refractivity contribution in [2.75, 3.05) is 19.6 Å². The Kier molecular flexibility index (Phi) is 5.04. The van der Waals surface area contributed by atoms with E-state index >= 15 is 0 Å². The number of hydrogen-bond donors (Lipinski definition) is 1. The Labute approximate surface area is 127 Å². The molecule has 1 aliphatic rings. The highest BCUT2D eigenvalue weighted by atomic mass is 16.2. The molecule has 0 radical (unpaired) electrons. The molecule has 2 heterocycles. The standard InChI is InChI=1S/C16H28N4O/c1-11(2)9-20-14(5)15(13(4)18-20)8-16(21)19-7-6-17-12(3)10-19/h11-12,17H,6-10H2,1-5H3. The summed E-state index contributed by atoms with van der Waals surface area (Å²) in [6, 6.07) is 0.383. The number of carbonyl (C=O) groups is 1. The Morgan fingerprint density at radius 3 is 2.76 bits per heavy atom. The summed E-state index contributed by atoms with van der Waals surface area (Å²) in [5.41, 5.74) is 3.23. The topological polar surface area (TPSA) is 50.2 Å². The number of piperazine rings is 1. The summed E-state index contributed by atoms with van der Waals surface area (Å²) in [5, 5.41) is 7.97. The van der Waals surface area contributed by atoms with Crippen LogP contribution >= 0.6 is 0 Å². The van der Waals surface area contributed by atoms with Crippen LogP contribution in [0.15, 0.2) is 0 Å². The van der Waals surface area contributed by atoms with Gasteiger partial charge in [0.25, 0.3) is 0 Å². The fraction of sp³-hybridized carbons (Fsp3) is 0.750. The van der Waals surface area contributed by atoms with E-state index in [-0.39, 0.29) is 5.91 Å². The molecule has 0 aliphatic carbocycles. The fourth-order valence-electron chi connectivity index (χ4n) is 2.94. The van der Waals surface area contributed by atoms with E-state index in [0.29, 0.717) is 18.4 Å². The molecule has 0 bridgehead atoms. The highest BCUT2D eigenvalue weighted by Gasteiger charge is 2.23. The SMILES string of the molecule is Cc1nn(CC(C)C)c(C)c1CC(=O)N1CCNC(C)C1. The second-order valence-corrected chi connectivity index (χ2v) is 6.60. The third kappa shape index (κ3) is 3.84. The first-order valence-corrected chi connectivity index (χ1v) is 7.92. The molecule has 1 aromatic rings. The molecular weight excluding hydrogens is 264 g/mol. The molecule has 1 aliphatic heterocycles. The third-order valence-corrected chi connectivity index (χ3v) is 4.12. The monoisotopic (exact) mass is 292 g/mol. The summed E-state index contributed by atoms with van der Waals surface area (Å²) in [5.74, 6) is 0.777. The lowest BCUT2D eigenvalue weighted by molar-refractivity contribution is -0.131. The van der Waals surface area contributed by atoms with Crippen molar-refractivity contribution in [3.05, 3.63) is 17.0 Å². The summed E-state index contributed by atoms with van der Waals surface area (Å²) in [6.45, 7) is 14.0. The van der Waals surface area contributed by atoms with Crippen molar-refractivity contribution in [2.24, 2.45) is 5.92 Å². The van der Waals surface area contributed by atoms with Crippen molar-refractivity contribution < 1.29 is 4.79 Å². The van der Waals surface area contributed by atoms with Gasteiger partial charge in [0, 0.05) is 43.5 Å².